The number of anilines is 1. The van der Waals surface area contributed by atoms with Crippen LogP contribution in [0.25, 0.3) is 0 Å². The Morgan fingerprint density at radius 3 is 1.91 bits per heavy atom. The highest BCUT2D eigenvalue weighted by molar-refractivity contribution is 6.68. The molecular formula is C24H22Cl6FN5O7. The minimum atomic E-state index is -1.90. The van der Waals surface area contributed by atoms with E-state index in [9.17, 15) is 19.5 Å². The van der Waals surface area contributed by atoms with E-state index in [4.69, 9.17) is 85.8 Å². The maximum absolute atomic E-state index is 15.3. The number of nitrogens with one attached hydrogen (secondary N) is 1. The van der Waals surface area contributed by atoms with Crippen LogP contribution in [0.2, 0.25) is 0 Å². The smallest absolute Gasteiger partial charge is 0.435 e. The van der Waals surface area contributed by atoms with E-state index in [-0.39, 0.29) is 40.6 Å². The second-order valence-electron chi connectivity index (χ2n) is 8.13. The molecule has 0 aromatic heterocycles. The van der Waals surface area contributed by atoms with Gasteiger partial charge in [0, 0.05) is 16.8 Å². The third-order valence-electron chi connectivity index (χ3n) is 4.87. The summed E-state index contributed by atoms with van der Waals surface area (Å²) in [5.41, 5.74) is 11.6. The largest absolute Gasteiger partial charge is 0.493 e. The van der Waals surface area contributed by atoms with Crippen molar-refractivity contribution in [2.75, 3.05) is 25.1 Å². The average molecular weight is 724 g/mol. The standard InChI is InChI=1S/C24H22Cl6FN5O7/c1-2-41-16-8-13(15(31)7-14(16)19(33)36-22(40)43-10-24(28,29)30)17(20(37)38)34-12-5-3-11(4-6-12)18(32)35-21(39)42-9-23(25,26)27/h3-8,17,34H,2,9-10H2,1H3,(H,37,38)(H2,32,35,39)(H2,33,36,40). The summed E-state index contributed by atoms with van der Waals surface area (Å²) in [4.78, 5) is 42.9. The molecule has 0 saturated heterocycles. The fourth-order valence-electron chi connectivity index (χ4n) is 3.11. The Morgan fingerprint density at radius 1 is 0.930 bits per heavy atom. The van der Waals surface area contributed by atoms with Crippen LogP contribution in [-0.4, -0.2) is 62.3 Å². The number of aliphatic carboxylic acids is 1. The maximum atomic E-state index is 15.3. The van der Waals surface area contributed by atoms with Gasteiger partial charge in [-0.25, -0.2) is 18.8 Å². The van der Waals surface area contributed by atoms with E-state index in [1.54, 1.807) is 6.92 Å². The molecule has 2 aromatic carbocycles. The fourth-order valence-corrected chi connectivity index (χ4v) is 3.44. The number of hydrogen-bond donors (Lipinski definition) is 4. The van der Waals surface area contributed by atoms with Gasteiger partial charge >= 0.3 is 18.2 Å². The van der Waals surface area contributed by atoms with Gasteiger partial charge in [-0.2, -0.15) is 9.98 Å². The van der Waals surface area contributed by atoms with Crippen LogP contribution in [0.15, 0.2) is 46.4 Å². The summed E-state index contributed by atoms with van der Waals surface area (Å²) in [6.45, 7) is 0.492. The van der Waals surface area contributed by atoms with Gasteiger partial charge in [-0.3, -0.25) is 0 Å². The van der Waals surface area contributed by atoms with Gasteiger partial charge in [0.25, 0.3) is 0 Å². The molecule has 1 atom stereocenters. The predicted octanol–water partition coefficient (Wildman–Crippen LogP) is 5.89. The summed E-state index contributed by atoms with van der Waals surface area (Å²) in [7, 11) is 0. The van der Waals surface area contributed by atoms with Crippen molar-refractivity contribution < 1.29 is 38.1 Å². The molecular weight excluding hydrogens is 702 g/mol. The summed E-state index contributed by atoms with van der Waals surface area (Å²) in [5, 5.41) is 12.6. The third-order valence-corrected chi connectivity index (χ3v) is 5.52. The lowest BCUT2D eigenvalue weighted by Gasteiger charge is -2.19. The number of nitrogens with two attached hydrogens (primary N) is 2. The summed E-state index contributed by atoms with van der Waals surface area (Å²) in [5.74, 6) is -3.30. The number of hydrogen-bond acceptors (Lipinski definition) is 7. The Kier molecular flexibility index (Phi) is 13.2. The lowest BCUT2D eigenvalue weighted by Crippen LogP contribution is -2.24. The third kappa shape index (κ3) is 12.3. The highest BCUT2D eigenvalue weighted by atomic mass is 35.6. The quantitative estimate of drug-likeness (QED) is 0.131. The van der Waals surface area contributed by atoms with Crippen molar-refractivity contribution in [3.63, 3.8) is 0 Å². The van der Waals surface area contributed by atoms with E-state index < -0.39 is 56.6 Å². The lowest BCUT2D eigenvalue weighted by molar-refractivity contribution is -0.138. The van der Waals surface area contributed by atoms with E-state index in [1.807, 2.05) is 0 Å². The van der Waals surface area contributed by atoms with Gasteiger partial charge in [0.05, 0.1) is 12.2 Å². The summed E-state index contributed by atoms with van der Waals surface area (Å²) >= 11 is 33.1. The normalized spacial score (nSPS) is 13.2. The number of carboxylic acids is 1. The zero-order chi connectivity index (χ0) is 32.5. The summed E-state index contributed by atoms with van der Waals surface area (Å²) < 4.78 is 26.4. The molecule has 43 heavy (non-hydrogen) atoms. The van der Waals surface area contributed by atoms with Gasteiger partial charge in [0.2, 0.25) is 7.59 Å². The molecule has 0 heterocycles. The number of carbonyl (C=O) groups is 3. The molecule has 0 radical (unpaired) electrons. The number of ether oxygens (including phenoxy) is 3. The minimum absolute atomic E-state index is 0.0662. The molecule has 0 spiro atoms. The number of amidine groups is 2. The van der Waals surface area contributed by atoms with Gasteiger partial charge in [0.15, 0.2) is 6.04 Å². The zero-order valence-corrected chi connectivity index (χ0v) is 26.3. The Bertz CT molecular complexity index is 1400. The number of carboxylic acid groups (broad SMARTS) is 1. The molecule has 19 heteroatoms. The maximum Gasteiger partial charge on any atom is 0.435 e. The molecule has 2 amide bonds. The number of benzene rings is 2. The van der Waals surface area contributed by atoms with E-state index >= 15 is 4.39 Å². The highest BCUT2D eigenvalue weighted by Crippen LogP contribution is 2.31. The van der Waals surface area contributed by atoms with Crippen LogP contribution in [0, 0.1) is 5.82 Å². The number of halogens is 7. The van der Waals surface area contributed by atoms with Gasteiger partial charge in [-0.15, -0.1) is 0 Å². The van der Waals surface area contributed by atoms with Crippen molar-refractivity contribution in [3.8, 4) is 5.75 Å². The van der Waals surface area contributed by atoms with Crippen molar-refractivity contribution in [2.24, 2.45) is 21.5 Å². The first kappa shape index (κ1) is 36.3. The second-order valence-corrected chi connectivity index (χ2v) is 13.2. The molecule has 0 aliphatic heterocycles. The first-order valence-corrected chi connectivity index (χ1v) is 13.9. The Morgan fingerprint density at radius 2 is 1.44 bits per heavy atom. The van der Waals surface area contributed by atoms with Gasteiger partial charge in [-0.1, -0.05) is 69.6 Å². The zero-order valence-electron chi connectivity index (χ0n) is 21.8. The van der Waals surface area contributed by atoms with Crippen LogP contribution < -0.4 is 21.5 Å². The molecule has 0 saturated carbocycles. The summed E-state index contributed by atoms with van der Waals surface area (Å²) in [6.07, 6.45) is -2.33. The number of rotatable bonds is 10. The van der Waals surface area contributed by atoms with E-state index in [1.165, 1.54) is 24.3 Å². The van der Waals surface area contributed by atoms with Gasteiger partial charge in [-0.05, 0) is 43.3 Å². The van der Waals surface area contributed by atoms with Crippen LogP contribution in [0.5, 0.6) is 5.75 Å². The summed E-state index contributed by atoms with van der Waals surface area (Å²) in [6, 6.07) is 5.94. The van der Waals surface area contributed by atoms with Crippen LogP contribution in [0.3, 0.4) is 0 Å². The molecule has 0 aliphatic rings. The Balaban J connectivity index is 2.31. The SMILES string of the molecule is CCOc1cc(C(Nc2ccc(/C(N)=N/C(=O)OCC(Cl)(Cl)Cl)cc2)C(=O)O)c(F)cc1/C(N)=N/C(=O)OCC(Cl)(Cl)Cl. The van der Waals surface area contributed by atoms with Gasteiger partial charge < -0.3 is 36.1 Å². The Labute approximate surface area is 273 Å². The molecule has 2 rings (SSSR count). The van der Waals surface area contributed by atoms with Crippen molar-refractivity contribution in [2.45, 2.75) is 20.6 Å². The van der Waals surface area contributed by atoms with Crippen molar-refractivity contribution >= 4 is 105 Å². The van der Waals surface area contributed by atoms with Crippen LogP contribution >= 0.6 is 69.6 Å². The molecule has 12 nitrogen and oxygen atoms in total. The molecule has 0 fully saturated rings. The fraction of sp³-hybridized carbons (Fsp3) is 0.292. The number of nitrogens with zero attached hydrogens (tertiary/aromatic N) is 2. The van der Waals surface area contributed by atoms with Gasteiger partial charge in [0.1, 0.15) is 36.5 Å². The van der Waals surface area contributed by atoms with Crippen LogP contribution in [0.4, 0.5) is 19.7 Å². The minimum Gasteiger partial charge on any atom is -0.493 e. The highest BCUT2D eigenvalue weighted by Gasteiger charge is 2.27. The first-order chi connectivity index (χ1) is 19.9. The molecule has 0 aliphatic carbocycles. The molecule has 1 unspecified atom stereocenters. The van der Waals surface area contributed by atoms with E-state index in [2.05, 4.69) is 24.8 Å². The molecule has 2 aromatic rings. The van der Waals surface area contributed by atoms with E-state index in [0.29, 0.717) is 0 Å². The molecule has 0 bridgehead atoms. The number of alkyl halides is 6. The molecule has 6 N–H and O–H groups in total. The number of carbonyl (C=O) groups excluding carboxylic acids is 2. The van der Waals surface area contributed by atoms with Crippen molar-refractivity contribution in [3.05, 3.63) is 58.9 Å². The monoisotopic (exact) mass is 721 g/mol. The lowest BCUT2D eigenvalue weighted by atomic mass is 10.0. The number of aliphatic imine (C=N–C) groups is 2. The van der Waals surface area contributed by atoms with Crippen LogP contribution in [0.1, 0.15) is 29.7 Å². The van der Waals surface area contributed by atoms with Crippen molar-refractivity contribution in [1.82, 2.24) is 0 Å². The topological polar surface area (TPSA) is 188 Å². The molecule has 234 valence electrons. The predicted molar refractivity (Wildman–Crippen MR) is 163 cm³/mol. The average Bonchev–Trinajstić information content (AvgIpc) is 2.90. The Hall–Kier alpha value is -2.94. The second kappa shape index (κ2) is 15.7. The first-order valence-electron chi connectivity index (χ1n) is 11.6. The van der Waals surface area contributed by atoms with Crippen molar-refractivity contribution in [1.29, 1.82) is 0 Å². The number of amides is 2. The van der Waals surface area contributed by atoms with Crippen LogP contribution in [-0.2, 0) is 14.3 Å². The van der Waals surface area contributed by atoms with E-state index in [0.717, 1.165) is 12.1 Å².